The average molecular weight is 416 g/mol. The first kappa shape index (κ1) is 21.5. The summed E-state index contributed by atoms with van der Waals surface area (Å²) in [5, 5.41) is 9.17. The number of hydrogen-bond donors (Lipinski definition) is 1. The number of benzene rings is 3. The maximum Gasteiger partial charge on any atom is 0.120 e. The van der Waals surface area contributed by atoms with Crippen LogP contribution in [0, 0.1) is 0 Å². The van der Waals surface area contributed by atoms with Gasteiger partial charge in [-0.25, -0.2) is 0 Å². The van der Waals surface area contributed by atoms with Gasteiger partial charge in [-0.15, -0.1) is 0 Å². The van der Waals surface area contributed by atoms with Crippen LogP contribution in [0.15, 0.2) is 66.7 Å². The molecular formula is C28H33NO2. The number of nitrogens with zero attached hydrogens (tertiary/aromatic N) is 1. The summed E-state index contributed by atoms with van der Waals surface area (Å²) in [5.74, 6) is 1.43. The Kier molecular flexibility index (Phi) is 6.93. The zero-order valence-corrected chi connectivity index (χ0v) is 18.7. The van der Waals surface area contributed by atoms with Crippen molar-refractivity contribution in [1.82, 2.24) is 0 Å². The van der Waals surface area contributed by atoms with Gasteiger partial charge in [0.25, 0.3) is 0 Å². The highest BCUT2D eigenvalue weighted by molar-refractivity contribution is 5.59. The van der Waals surface area contributed by atoms with E-state index < -0.39 is 0 Å². The minimum absolute atomic E-state index is 0.193. The third-order valence-corrected chi connectivity index (χ3v) is 6.54. The fourth-order valence-electron chi connectivity index (χ4n) is 4.76. The lowest BCUT2D eigenvalue weighted by molar-refractivity contribution is 0.299. The van der Waals surface area contributed by atoms with Gasteiger partial charge in [0.05, 0.1) is 7.11 Å². The van der Waals surface area contributed by atoms with E-state index >= 15 is 0 Å². The van der Waals surface area contributed by atoms with Crippen LogP contribution in [0.2, 0.25) is 0 Å². The van der Waals surface area contributed by atoms with Crippen LogP contribution in [-0.4, -0.2) is 25.4 Å². The van der Waals surface area contributed by atoms with Crippen molar-refractivity contribution in [2.45, 2.75) is 45.1 Å². The summed E-state index contributed by atoms with van der Waals surface area (Å²) in [7, 11) is 1.74. The van der Waals surface area contributed by atoms with Gasteiger partial charge in [-0.3, -0.25) is 0 Å². The first-order valence-electron chi connectivity index (χ1n) is 11.4. The van der Waals surface area contributed by atoms with Crippen LogP contribution in [0.1, 0.15) is 47.1 Å². The van der Waals surface area contributed by atoms with Gasteiger partial charge in [0.1, 0.15) is 5.75 Å². The Morgan fingerprint density at radius 2 is 1.71 bits per heavy atom. The van der Waals surface area contributed by atoms with Gasteiger partial charge in [-0.05, 0) is 72.4 Å². The van der Waals surface area contributed by atoms with Crippen molar-refractivity contribution in [1.29, 1.82) is 0 Å². The van der Waals surface area contributed by atoms with E-state index in [0.717, 1.165) is 31.7 Å². The Labute approximate surface area is 186 Å². The Balaban J connectivity index is 1.62. The molecule has 0 aromatic heterocycles. The molecule has 0 saturated heterocycles. The Bertz CT molecular complexity index is 996. The molecule has 0 fully saturated rings. The summed E-state index contributed by atoms with van der Waals surface area (Å²) >= 11 is 0. The summed E-state index contributed by atoms with van der Waals surface area (Å²) in [4.78, 5) is 2.46. The number of fused-ring (bicyclic) bond motifs is 1. The Hall–Kier alpha value is -2.78. The molecule has 3 nitrogen and oxygen atoms in total. The quantitative estimate of drug-likeness (QED) is 0.525. The highest BCUT2D eigenvalue weighted by Gasteiger charge is 2.24. The molecule has 0 bridgehead atoms. The lowest BCUT2D eigenvalue weighted by atomic mass is 9.79. The molecule has 0 aliphatic heterocycles. The fraction of sp³-hybridized carbons (Fsp3) is 0.357. The average Bonchev–Trinajstić information content (AvgIpc) is 2.83. The smallest absolute Gasteiger partial charge is 0.120 e. The molecule has 1 atom stereocenters. The molecule has 3 heteroatoms. The highest BCUT2D eigenvalue weighted by atomic mass is 16.5. The monoisotopic (exact) mass is 415 g/mol. The van der Waals surface area contributed by atoms with E-state index in [1.165, 1.54) is 39.9 Å². The normalized spacial score (nSPS) is 15.4. The molecule has 0 heterocycles. The number of ether oxygens (including phenoxy) is 1. The maximum absolute atomic E-state index is 9.17. The predicted molar refractivity (Wildman–Crippen MR) is 128 cm³/mol. The van der Waals surface area contributed by atoms with Crippen LogP contribution < -0.4 is 9.64 Å². The molecule has 162 valence electrons. The van der Waals surface area contributed by atoms with Crippen molar-refractivity contribution in [3.05, 3.63) is 94.5 Å². The molecular weight excluding hydrogens is 382 g/mol. The third kappa shape index (κ3) is 4.94. The van der Waals surface area contributed by atoms with Crippen molar-refractivity contribution >= 4 is 5.69 Å². The molecule has 31 heavy (non-hydrogen) atoms. The zero-order chi connectivity index (χ0) is 21.6. The van der Waals surface area contributed by atoms with Gasteiger partial charge in [-0.2, -0.15) is 0 Å². The second-order valence-electron chi connectivity index (χ2n) is 8.44. The fourth-order valence-corrected chi connectivity index (χ4v) is 4.76. The second-order valence-corrected chi connectivity index (χ2v) is 8.44. The van der Waals surface area contributed by atoms with Crippen LogP contribution in [0.25, 0.3) is 0 Å². The summed E-state index contributed by atoms with van der Waals surface area (Å²) < 4.78 is 5.59. The van der Waals surface area contributed by atoms with E-state index in [2.05, 4.69) is 78.6 Å². The summed E-state index contributed by atoms with van der Waals surface area (Å²) in [6.45, 7) is 4.21. The minimum atomic E-state index is 0.193. The first-order chi connectivity index (χ1) is 15.2. The van der Waals surface area contributed by atoms with E-state index in [-0.39, 0.29) is 6.61 Å². The van der Waals surface area contributed by atoms with E-state index in [9.17, 15) is 0 Å². The summed E-state index contributed by atoms with van der Waals surface area (Å²) in [6, 6.07) is 24.1. The molecule has 3 aromatic carbocycles. The Morgan fingerprint density at radius 3 is 2.42 bits per heavy atom. The third-order valence-electron chi connectivity index (χ3n) is 6.54. The predicted octanol–water partition coefficient (Wildman–Crippen LogP) is 5.53. The standard InChI is InChI=1S/C28H33NO2/c1-3-29(20-22-10-8-21(9-11-22)16-17-30)28-19-26(31-2)14-15-27(28)25-13-12-23-6-4-5-7-24(23)18-25/h4-11,14-15,19,25,30H,3,12-13,16-18,20H2,1-2H3. The van der Waals surface area contributed by atoms with Crippen LogP contribution >= 0.6 is 0 Å². The zero-order valence-electron chi connectivity index (χ0n) is 18.7. The molecule has 1 aliphatic carbocycles. The van der Waals surface area contributed by atoms with Gasteiger partial charge < -0.3 is 14.7 Å². The number of rotatable bonds is 8. The van der Waals surface area contributed by atoms with Gasteiger partial charge in [0.2, 0.25) is 0 Å². The van der Waals surface area contributed by atoms with Crippen LogP contribution in [-0.2, 0) is 25.8 Å². The topological polar surface area (TPSA) is 32.7 Å². The number of anilines is 1. The molecule has 0 radical (unpaired) electrons. The molecule has 1 N–H and O–H groups in total. The highest BCUT2D eigenvalue weighted by Crippen LogP contribution is 2.39. The number of aliphatic hydroxyl groups excluding tert-OH is 1. The molecule has 4 rings (SSSR count). The molecule has 1 unspecified atom stereocenters. The lowest BCUT2D eigenvalue weighted by Gasteiger charge is -2.32. The largest absolute Gasteiger partial charge is 0.497 e. The van der Waals surface area contributed by atoms with E-state index in [0.29, 0.717) is 12.3 Å². The van der Waals surface area contributed by atoms with E-state index in [1.54, 1.807) is 7.11 Å². The van der Waals surface area contributed by atoms with Crippen molar-refractivity contribution in [3.63, 3.8) is 0 Å². The molecule has 1 aliphatic rings. The van der Waals surface area contributed by atoms with Gasteiger partial charge in [0.15, 0.2) is 0 Å². The Morgan fingerprint density at radius 1 is 0.968 bits per heavy atom. The molecule has 0 spiro atoms. The first-order valence-corrected chi connectivity index (χ1v) is 11.4. The van der Waals surface area contributed by atoms with Crippen molar-refractivity contribution in [2.75, 3.05) is 25.2 Å². The van der Waals surface area contributed by atoms with E-state index in [4.69, 9.17) is 9.84 Å². The number of aliphatic hydroxyl groups is 1. The second kappa shape index (κ2) is 10.0. The van der Waals surface area contributed by atoms with E-state index in [1.807, 2.05) is 0 Å². The lowest BCUT2D eigenvalue weighted by Crippen LogP contribution is -2.25. The van der Waals surface area contributed by atoms with Crippen LogP contribution in [0.5, 0.6) is 5.75 Å². The summed E-state index contributed by atoms with van der Waals surface area (Å²) in [5.41, 5.74) is 8.16. The van der Waals surface area contributed by atoms with Crippen molar-refractivity contribution in [2.24, 2.45) is 0 Å². The minimum Gasteiger partial charge on any atom is -0.497 e. The number of aryl methyl sites for hydroxylation is 1. The number of methoxy groups -OCH3 is 1. The van der Waals surface area contributed by atoms with Gasteiger partial charge in [-0.1, -0.05) is 54.6 Å². The van der Waals surface area contributed by atoms with Crippen molar-refractivity contribution in [3.8, 4) is 5.75 Å². The molecule has 0 saturated carbocycles. The van der Waals surface area contributed by atoms with Crippen molar-refractivity contribution < 1.29 is 9.84 Å². The molecule has 0 amide bonds. The van der Waals surface area contributed by atoms with Crippen LogP contribution in [0.4, 0.5) is 5.69 Å². The maximum atomic E-state index is 9.17. The summed E-state index contributed by atoms with van der Waals surface area (Å²) in [6.07, 6.45) is 4.14. The number of hydrogen-bond acceptors (Lipinski definition) is 3. The molecule has 3 aromatic rings. The SMILES string of the molecule is CCN(Cc1ccc(CCO)cc1)c1cc(OC)ccc1C1CCc2ccccc2C1. The van der Waals surface area contributed by atoms with Crippen LogP contribution in [0.3, 0.4) is 0 Å². The van der Waals surface area contributed by atoms with Gasteiger partial charge in [0, 0.05) is 31.5 Å². The van der Waals surface area contributed by atoms with Gasteiger partial charge >= 0.3 is 0 Å².